The van der Waals surface area contributed by atoms with Crippen LogP contribution in [0, 0.1) is 0 Å². The van der Waals surface area contributed by atoms with Gasteiger partial charge in [0.25, 0.3) is 0 Å². The number of carboxylic acid groups (broad SMARTS) is 1. The summed E-state index contributed by atoms with van der Waals surface area (Å²) < 4.78 is 24.6. The molecule has 0 saturated carbocycles. The minimum absolute atomic E-state index is 0.0542. The maximum Gasteiger partial charge on any atom is 0.303 e. The number of benzene rings is 1. The normalized spacial score (nSPS) is 11.7. The van der Waals surface area contributed by atoms with Crippen molar-refractivity contribution in [3.63, 3.8) is 0 Å². The van der Waals surface area contributed by atoms with E-state index in [-0.39, 0.29) is 11.7 Å². The summed E-state index contributed by atoms with van der Waals surface area (Å²) in [5.74, 6) is -0.853. The number of aryl methyl sites for hydroxylation is 1. The second kappa shape index (κ2) is 6.70. The summed E-state index contributed by atoms with van der Waals surface area (Å²) in [6.07, 6.45) is 1.67. The number of carboxylic acids is 1. The maximum absolute atomic E-state index is 12.3. The highest BCUT2D eigenvalue weighted by molar-refractivity contribution is 7.92. The van der Waals surface area contributed by atoms with E-state index in [9.17, 15) is 13.2 Å². The average Bonchev–Trinajstić information content (AvgIpc) is 2.38. The lowest BCUT2D eigenvalue weighted by molar-refractivity contribution is -0.136. The Morgan fingerprint density at radius 1 is 1.16 bits per heavy atom. The van der Waals surface area contributed by atoms with Crippen molar-refractivity contribution in [1.29, 1.82) is 0 Å². The molecule has 0 bridgehead atoms. The minimum Gasteiger partial charge on any atom is -0.481 e. The molecule has 1 rings (SSSR count). The van der Waals surface area contributed by atoms with Crippen molar-refractivity contribution in [3.05, 3.63) is 29.8 Å². The summed E-state index contributed by atoms with van der Waals surface area (Å²) in [7, 11) is -3.27. The van der Waals surface area contributed by atoms with Crippen molar-refractivity contribution < 1.29 is 18.3 Å². The smallest absolute Gasteiger partial charge is 0.303 e. The van der Waals surface area contributed by atoms with Crippen LogP contribution in [0.25, 0.3) is 0 Å². The highest BCUT2D eigenvalue weighted by Crippen LogP contribution is 2.21. The molecule has 0 aliphatic carbocycles. The molecule has 1 aromatic rings. The second-order valence-corrected chi connectivity index (χ2v) is 6.75. The molecule has 0 atom stereocenters. The molecule has 0 saturated heterocycles. The summed E-state index contributed by atoms with van der Waals surface area (Å²) >= 11 is 0. The zero-order chi connectivity index (χ0) is 14.5. The van der Waals surface area contributed by atoms with Gasteiger partial charge in [0.05, 0.1) is 10.1 Å². The highest BCUT2D eigenvalue weighted by atomic mass is 32.2. The Hall–Kier alpha value is -1.36. The van der Waals surface area contributed by atoms with Gasteiger partial charge in [-0.1, -0.05) is 26.0 Å². The molecule has 106 valence electrons. The van der Waals surface area contributed by atoms with E-state index in [1.807, 2.05) is 13.8 Å². The van der Waals surface area contributed by atoms with Crippen LogP contribution in [0.5, 0.6) is 0 Å². The third-order valence-corrected chi connectivity index (χ3v) is 5.70. The van der Waals surface area contributed by atoms with E-state index in [2.05, 4.69) is 0 Å². The number of sulfone groups is 1. The van der Waals surface area contributed by atoms with Crippen LogP contribution in [0.15, 0.2) is 29.2 Å². The number of carbonyl (C=O) groups is 1. The number of hydrogen-bond donors (Lipinski definition) is 1. The lowest BCUT2D eigenvalue weighted by Crippen LogP contribution is -2.19. The molecule has 0 unspecified atom stereocenters. The molecular formula is C14H20O4S. The fraction of sp³-hybridized carbons (Fsp3) is 0.500. The SMILES string of the molecule is CCC(CC)S(=O)(=O)c1ccc(CCC(=O)O)cc1. The Balaban J connectivity index is 2.89. The minimum atomic E-state index is -3.27. The van der Waals surface area contributed by atoms with Crippen molar-refractivity contribution in [2.24, 2.45) is 0 Å². The van der Waals surface area contributed by atoms with Crippen LogP contribution in [-0.4, -0.2) is 24.7 Å². The predicted molar refractivity (Wildman–Crippen MR) is 74.0 cm³/mol. The topological polar surface area (TPSA) is 71.4 Å². The van der Waals surface area contributed by atoms with Crippen LogP contribution >= 0.6 is 0 Å². The summed E-state index contributed by atoms with van der Waals surface area (Å²) in [5.41, 5.74) is 0.839. The monoisotopic (exact) mass is 284 g/mol. The summed E-state index contributed by atoms with van der Waals surface area (Å²) in [6.45, 7) is 3.74. The molecule has 0 aliphatic rings. The van der Waals surface area contributed by atoms with Gasteiger partial charge in [-0.25, -0.2) is 8.42 Å². The Kier molecular flexibility index (Phi) is 5.54. The zero-order valence-electron chi connectivity index (χ0n) is 11.3. The van der Waals surface area contributed by atoms with Gasteiger partial charge in [0.1, 0.15) is 0 Å². The summed E-state index contributed by atoms with van der Waals surface area (Å²) in [5, 5.41) is 8.25. The quantitative estimate of drug-likeness (QED) is 0.835. The highest BCUT2D eigenvalue weighted by Gasteiger charge is 2.23. The maximum atomic E-state index is 12.3. The first-order valence-electron chi connectivity index (χ1n) is 6.46. The zero-order valence-corrected chi connectivity index (χ0v) is 12.1. The molecule has 0 amide bonds. The lowest BCUT2D eigenvalue weighted by Gasteiger charge is -2.14. The van der Waals surface area contributed by atoms with Crippen molar-refractivity contribution in [2.75, 3.05) is 0 Å². The van der Waals surface area contributed by atoms with E-state index in [0.717, 1.165) is 5.56 Å². The average molecular weight is 284 g/mol. The Labute approximate surface area is 114 Å². The first-order chi connectivity index (χ1) is 8.91. The van der Waals surface area contributed by atoms with Gasteiger partial charge < -0.3 is 5.11 Å². The van der Waals surface area contributed by atoms with Crippen LogP contribution in [-0.2, 0) is 21.1 Å². The standard InChI is InChI=1S/C14H20O4S/c1-3-12(4-2)19(17,18)13-8-5-11(6-9-13)7-10-14(15)16/h5-6,8-9,12H,3-4,7,10H2,1-2H3,(H,15,16). The van der Waals surface area contributed by atoms with Crippen LogP contribution < -0.4 is 0 Å². The molecule has 5 heteroatoms. The number of aliphatic carboxylic acids is 1. The fourth-order valence-electron chi connectivity index (χ4n) is 2.02. The van der Waals surface area contributed by atoms with Crippen LogP contribution in [0.1, 0.15) is 38.7 Å². The lowest BCUT2D eigenvalue weighted by atomic mass is 10.1. The van der Waals surface area contributed by atoms with Crippen molar-refractivity contribution in [3.8, 4) is 0 Å². The molecule has 4 nitrogen and oxygen atoms in total. The van der Waals surface area contributed by atoms with Crippen molar-refractivity contribution >= 4 is 15.8 Å². The van der Waals surface area contributed by atoms with Crippen LogP contribution in [0.4, 0.5) is 0 Å². The molecular weight excluding hydrogens is 264 g/mol. The largest absolute Gasteiger partial charge is 0.481 e. The van der Waals surface area contributed by atoms with Gasteiger partial charge in [-0.05, 0) is 37.0 Å². The van der Waals surface area contributed by atoms with Crippen LogP contribution in [0.2, 0.25) is 0 Å². The Morgan fingerprint density at radius 2 is 1.68 bits per heavy atom. The number of hydrogen-bond acceptors (Lipinski definition) is 3. The van der Waals surface area contributed by atoms with Gasteiger partial charge in [-0.15, -0.1) is 0 Å². The third kappa shape index (κ3) is 4.06. The second-order valence-electron chi connectivity index (χ2n) is 4.52. The van der Waals surface area contributed by atoms with E-state index < -0.39 is 15.8 Å². The van der Waals surface area contributed by atoms with E-state index in [1.165, 1.54) is 0 Å². The van der Waals surface area contributed by atoms with Gasteiger partial charge in [-0.3, -0.25) is 4.79 Å². The predicted octanol–water partition coefficient (Wildman–Crippen LogP) is 2.67. The molecule has 0 aliphatic heterocycles. The van der Waals surface area contributed by atoms with E-state index in [1.54, 1.807) is 24.3 Å². The summed E-state index contributed by atoms with van der Waals surface area (Å²) in [4.78, 5) is 10.8. The molecule has 0 radical (unpaired) electrons. The van der Waals surface area contributed by atoms with Crippen molar-refractivity contribution in [2.45, 2.75) is 49.7 Å². The molecule has 0 fully saturated rings. The van der Waals surface area contributed by atoms with Gasteiger partial charge in [0.15, 0.2) is 9.84 Å². The van der Waals surface area contributed by atoms with E-state index >= 15 is 0 Å². The Morgan fingerprint density at radius 3 is 2.11 bits per heavy atom. The van der Waals surface area contributed by atoms with Crippen molar-refractivity contribution in [1.82, 2.24) is 0 Å². The molecule has 0 spiro atoms. The molecule has 1 N–H and O–H groups in total. The molecule has 0 aromatic heterocycles. The first kappa shape index (κ1) is 15.7. The fourth-order valence-corrected chi connectivity index (χ4v) is 3.80. The van der Waals surface area contributed by atoms with Gasteiger partial charge in [0, 0.05) is 6.42 Å². The van der Waals surface area contributed by atoms with E-state index in [0.29, 0.717) is 24.2 Å². The summed E-state index contributed by atoms with van der Waals surface area (Å²) in [6, 6.07) is 6.53. The molecule has 1 aromatic carbocycles. The van der Waals surface area contributed by atoms with Crippen LogP contribution in [0.3, 0.4) is 0 Å². The third-order valence-electron chi connectivity index (χ3n) is 3.23. The van der Waals surface area contributed by atoms with Gasteiger partial charge in [-0.2, -0.15) is 0 Å². The van der Waals surface area contributed by atoms with E-state index in [4.69, 9.17) is 5.11 Å². The number of rotatable bonds is 7. The van der Waals surface area contributed by atoms with Gasteiger partial charge in [0.2, 0.25) is 0 Å². The first-order valence-corrected chi connectivity index (χ1v) is 8.01. The molecule has 0 heterocycles. The molecule has 19 heavy (non-hydrogen) atoms. The Bertz CT molecular complexity index is 513. The van der Waals surface area contributed by atoms with Gasteiger partial charge >= 0.3 is 5.97 Å².